The Bertz CT molecular complexity index is 1040. The molecule has 1 atom stereocenters. The Morgan fingerprint density at radius 3 is 2.50 bits per heavy atom. The zero-order valence-corrected chi connectivity index (χ0v) is 17.7. The third kappa shape index (κ3) is 3.97. The van der Waals surface area contributed by atoms with E-state index in [1.54, 1.807) is 34.9 Å². The number of carbonyl (C=O) groups is 2. The number of carbonyl (C=O) groups excluding carboxylic acids is 2. The van der Waals surface area contributed by atoms with Crippen molar-refractivity contribution in [2.45, 2.75) is 39.7 Å². The lowest BCUT2D eigenvalue weighted by Crippen LogP contribution is -2.33. The summed E-state index contributed by atoms with van der Waals surface area (Å²) < 4.78 is 2.51. The Morgan fingerprint density at radius 2 is 1.86 bits per heavy atom. The number of hydrogen-bond acceptors (Lipinski definition) is 3. The molecule has 0 aliphatic carbocycles. The molecule has 0 aliphatic rings. The number of hydrogen-bond donors (Lipinski definition) is 2. The maximum Gasteiger partial charge on any atom is 0.262 e. The molecule has 146 valence electrons. The molecule has 0 saturated heterocycles. The first-order valence-electron chi connectivity index (χ1n) is 9.24. The van der Waals surface area contributed by atoms with Gasteiger partial charge in [0.2, 0.25) is 5.91 Å². The standard InChI is InChI=1S/C22H23BrN2O3/c1-4-13(2)24-21(27)12-18-14(3)25(20-10-9-17(26)11-19(18)20)22(28)15-5-7-16(23)8-6-15/h5-11,13,26H,4,12H2,1-3H3,(H,24,27). The molecule has 5 nitrogen and oxygen atoms in total. The second kappa shape index (κ2) is 8.19. The van der Waals surface area contributed by atoms with Gasteiger partial charge in [0.1, 0.15) is 5.75 Å². The number of phenolic OH excluding ortho intramolecular Hbond substituents is 1. The molecular formula is C22H23BrN2O3. The van der Waals surface area contributed by atoms with Gasteiger partial charge in [-0.3, -0.25) is 14.2 Å². The molecule has 3 rings (SSSR count). The van der Waals surface area contributed by atoms with Crippen molar-refractivity contribution in [3.05, 3.63) is 63.8 Å². The van der Waals surface area contributed by atoms with Gasteiger partial charge < -0.3 is 10.4 Å². The SMILES string of the molecule is CCC(C)NC(=O)Cc1c(C)n(C(=O)c2ccc(Br)cc2)c2ccc(O)cc12. The van der Waals surface area contributed by atoms with Crippen LogP contribution in [0.4, 0.5) is 0 Å². The number of fused-ring (bicyclic) bond motifs is 1. The second-order valence-electron chi connectivity index (χ2n) is 6.97. The number of nitrogens with zero attached hydrogens (tertiary/aromatic N) is 1. The zero-order valence-electron chi connectivity index (χ0n) is 16.1. The molecule has 0 radical (unpaired) electrons. The number of amides is 1. The summed E-state index contributed by atoms with van der Waals surface area (Å²) in [6, 6.07) is 12.1. The molecule has 1 aromatic heterocycles. The second-order valence-corrected chi connectivity index (χ2v) is 7.88. The molecule has 28 heavy (non-hydrogen) atoms. The molecule has 0 aliphatic heterocycles. The van der Waals surface area contributed by atoms with Crippen LogP contribution in [-0.2, 0) is 11.2 Å². The molecule has 2 aromatic carbocycles. The van der Waals surface area contributed by atoms with E-state index in [0.29, 0.717) is 22.2 Å². The molecule has 0 bridgehead atoms. The minimum Gasteiger partial charge on any atom is -0.508 e. The van der Waals surface area contributed by atoms with Gasteiger partial charge in [-0.15, -0.1) is 0 Å². The first-order valence-corrected chi connectivity index (χ1v) is 10.0. The lowest BCUT2D eigenvalue weighted by Gasteiger charge is -2.12. The van der Waals surface area contributed by atoms with Crippen LogP contribution < -0.4 is 5.32 Å². The monoisotopic (exact) mass is 442 g/mol. The van der Waals surface area contributed by atoms with E-state index in [-0.39, 0.29) is 30.0 Å². The summed E-state index contributed by atoms with van der Waals surface area (Å²) in [5.41, 5.74) is 2.67. The van der Waals surface area contributed by atoms with Gasteiger partial charge in [-0.1, -0.05) is 22.9 Å². The summed E-state index contributed by atoms with van der Waals surface area (Å²) in [4.78, 5) is 25.7. The fourth-order valence-electron chi connectivity index (χ4n) is 3.27. The fraction of sp³-hybridized carbons (Fsp3) is 0.273. The molecule has 1 heterocycles. The van der Waals surface area contributed by atoms with Gasteiger partial charge in [0, 0.05) is 27.2 Å². The van der Waals surface area contributed by atoms with Crippen LogP contribution in [0.3, 0.4) is 0 Å². The van der Waals surface area contributed by atoms with E-state index in [4.69, 9.17) is 0 Å². The molecule has 2 N–H and O–H groups in total. The Labute approximate surface area is 172 Å². The van der Waals surface area contributed by atoms with Crippen LogP contribution >= 0.6 is 15.9 Å². The molecular weight excluding hydrogens is 420 g/mol. The predicted molar refractivity (Wildman–Crippen MR) is 114 cm³/mol. The Kier molecular flexibility index (Phi) is 5.89. The van der Waals surface area contributed by atoms with Crippen molar-refractivity contribution in [2.24, 2.45) is 0 Å². The molecule has 1 amide bonds. The number of benzene rings is 2. The Balaban J connectivity index is 2.08. The van der Waals surface area contributed by atoms with Crippen molar-refractivity contribution in [2.75, 3.05) is 0 Å². The highest BCUT2D eigenvalue weighted by atomic mass is 79.9. The van der Waals surface area contributed by atoms with E-state index in [9.17, 15) is 14.7 Å². The minimum absolute atomic E-state index is 0.0824. The zero-order chi connectivity index (χ0) is 20.4. The number of phenols is 1. The maximum atomic E-state index is 13.2. The number of halogens is 1. The van der Waals surface area contributed by atoms with E-state index >= 15 is 0 Å². The third-order valence-corrected chi connectivity index (χ3v) is 5.50. The Hall–Kier alpha value is -2.60. The van der Waals surface area contributed by atoms with Crippen molar-refractivity contribution in [3.8, 4) is 5.75 Å². The number of nitrogens with one attached hydrogen (secondary N) is 1. The summed E-state index contributed by atoms with van der Waals surface area (Å²) in [6.07, 6.45) is 0.992. The van der Waals surface area contributed by atoms with Gasteiger partial charge in [0.05, 0.1) is 11.9 Å². The van der Waals surface area contributed by atoms with Crippen LogP contribution in [0.1, 0.15) is 41.9 Å². The average molecular weight is 443 g/mol. The van der Waals surface area contributed by atoms with Crippen molar-refractivity contribution in [1.29, 1.82) is 0 Å². The summed E-state index contributed by atoms with van der Waals surface area (Å²) in [6.45, 7) is 5.80. The van der Waals surface area contributed by atoms with Crippen molar-refractivity contribution >= 4 is 38.6 Å². The van der Waals surface area contributed by atoms with Crippen LogP contribution in [0, 0.1) is 6.92 Å². The minimum atomic E-state index is -0.172. The number of aromatic hydroxyl groups is 1. The molecule has 0 fully saturated rings. The maximum absolute atomic E-state index is 13.2. The molecule has 1 unspecified atom stereocenters. The van der Waals surface area contributed by atoms with E-state index in [1.165, 1.54) is 0 Å². The number of aromatic nitrogens is 1. The largest absolute Gasteiger partial charge is 0.508 e. The van der Waals surface area contributed by atoms with Crippen LogP contribution in [0.25, 0.3) is 10.9 Å². The van der Waals surface area contributed by atoms with Gasteiger partial charge >= 0.3 is 0 Å². The Morgan fingerprint density at radius 1 is 1.18 bits per heavy atom. The van der Waals surface area contributed by atoms with Gasteiger partial charge in [0.25, 0.3) is 5.91 Å². The molecule has 0 spiro atoms. The highest BCUT2D eigenvalue weighted by molar-refractivity contribution is 9.10. The lowest BCUT2D eigenvalue weighted by molar-refractivity contribution is -0.121. The van der Waals surface area contributed by atoms with E-state index < -0.39 is 0 Å². The summed E-state index contributed by atoms with van der Waals surface area (Å²) in [5, 5.41) is 13.6. The predicted octanol–water partition coefficient (Wildman–Crippen LogP) is 4.56. The van der Waals surface area contributed by atoms with Crippen molar-refractivity contribution in [3.63, 3.8) is 0 Å². The molecule has 6 heteroatoms. The average Bonchev–Trinajstić information content (AvgIpc) is 2.93. The highest BCUT2D eigenvalue weighted by Gasteiger charge is 2.22. The topological polar surface area (TPSA) is 71.3 Å². The van der Waals surface area contributed by atoms with Crippen molar-refractivity contribution < 1.29 is 14.7 Å². The quantitative estimate of drug-likeness (QED) is 0.607. The molecule has 0 saturated carbocycles. The van der Waals surface area contributed by atoms with Gasteiger partial charge in [-0.25, -0.2) is 0 Å². The third-order valence-electron chi connectivity index (χ3n) is 4.97. The molecule has 3 aromatic rings. The van der Waals surface area contributed by atoms with Crippen LogP contribution in [0.2, 0.25) is 0 Å². The van der Waals surface area contributed by atoms with Crippen molar-refractivity contribution in [1.82, 2.24) is 9.88 Å². The smallest absolute Gasteiger partial charge is 0.262 e. The normalized spacial score (nSPS) is 12.1. The van der Waals surface area contributed by atoms with E-state index in [2.05, 4.69) is 21.2 Å². The van der Waals surface area contributed by atoms with Gasteiger partial charge in [-0.05, 0) is 68.3 Å². The van der Waals surface area contributed by atoms with Crippen LogP contribution in [0.15, 0.2) is 46.9 Å². The summed E-state index contributed by atoms with van der Waals surface area (Å²) in [5.74, 6) is -0.172. The lowest BCUT2D eigenvalue weighted by atomic mass is 10.1. The summed E-state index contributed by atoms with van der Waals surface area (Å²) in [7, 11) is 0. The van der Waals surface area contributed by atoms with Crippen LogP contribution in [0.5, 0.6) is 5.75 Å². The summed E-state index contributed by atoms with van der Waals surface area (Å²) >= 11 is 3.38. The van der Waals surface area contributed by atoms with E-state index in [1.807, 2.05) is 32.9 Å². The van der Waals surface area contributed by atoms with E-state index in [0.717, 1.165) is 16.5 Å². The highest BCUT2D eigenvalue weighted by Crippen LogP contribution is 2.30. The number of rotatable bonds is 5. The van der Waals surface area contributed by atoms with Crippen LogP contribution in [-0.4, -0.2) is 27.5 Å². The fourth-order valence-corrected chi connectivity index (χ4v) is 3.53. The first-order chi connectivity index (χ1) is 13.3. The van der Waals surface area contributed by atoms with Gasteiger partial charge in [0.15, 0.2) is 0 Å². The first kappa shape index (κ1) is 20.1. The van der Waals surface area contributed by atoms with Gasteiger partial charge in [-0.2, -0.15) is 0 Å².